The number of halogens is 1. The maximum atomic E-state index is 14.6. The molecule has 0 radical (unpaired) electrons. The molecule has 1 aromatic carbocycles. The number of ether oxygens (including phenoxy) is 2. The van der Waals surface area contributed by atoms with Crippen LogP contribution in [0.5, 0.6) is 0 Å². The molecule has 1 spiro atoms. The summed E-state index contributed by atoms with van der Waals surface area (Å²) in [7, 11) is 0. The number of fused-ring (bicyclic) bond motifs is 1. The molecule has 2 bridgehead atoms. The highest BCUT2D eigenvalue weighted by Crippen LogP contribution is 2.65. The molecule has 3 heterocycles. The third kappa shape index (κ3) is 4.34. The summed E-state index contributed by atoms with van der Waals surface area (Å²) in [4.78, 5) is 45.3. The number of benzene rings is 1. The van der Waals surface area contributed by atoms with E-state index in [0.29, 0.717) is 23.6 Å². The first-order valence-corrected chi connectivity index (χ1v) is 13.8. The SMILES string of the molecule is C=CCN(C(=O)C1N([C@@H](CO)CC(C)C)C(=O)[C@@H]2[C@H](C(=O)OCC)[C@@]3(C)OC12CC3C)c1ccc(Cl)cc1. The van der Waals surface area contributed by atoms with Gasteiger partial charge in [-0.05, 0) is 62.8 Å². The fraction of sp³-hybridized carbons (Fsp3) is 0.621. The van der Waals surface area contributed by atoms with Crippen LogP contribution in [0, 0.1) is 23.7 Å². The van der Waals surface area contributed by atoms with E-state index in [4.69, 9.17) is 21.1 Å². The predicted octanol–water partition coefficient (Wildman–Crippen LogP) is 3.84. The van der Waals surface area contributed by atoms with E-state index in [1.165, 1.54) is 4.90 Å². The zero-order chi connectivity index (χ0) is 28.0. The van der Waals surface area contributed by atoms with Gasteiger partial charge >= 0.3 is 5.97 Å². The van der Waals surface area contributed by atoms with Crippen LogP contribution in [0.25, 0.3) is 0 Å². The molecule has 3 aliphatic rings. The summed E-state index contributed by atoms with van der Waals surface area (Å²) in [6, 6.07) is 5.25. The van der Waals surface area contributed by atoms with Gasteiger partial charge in [0, 0.05) is 17.3 Å². The fourth-order valence-electron chi connectivity index (χ4n) is 6.98. The Balaban J connectivity index is 1.88. The lowest BCUT2D eigenvalue weighted by molar-refractivity contribution is -0.162. The maximum Gasteiger partial charge on any atom is 0.312 e. The summed E-state index contributed by atoms with van der Waals surface area (Å²) in [6.07, 6.45) is 2.55. The molecule has 7 atom stereocenters. The zero-order valence-electron chi connectivity index (χ0n) is 22.9. The Morgan fingerprint density at radius 3 is 2.55 bits per heavy atom. The fourth-order valence-corrected chi connectivity index (χ4v) is 7.11. The summed E-state index contributed by atoms with van der Waals surface area (Å²) in [5.41, 5.74) is -1.58. The van der Waals surface area contributed by atoms with Crippen molar-refractivity contribution in [1.82, 2.24) is 4.90 Å². The Bertz CT molecular complexity index is 1090. The van der Waals surface area contributed by atoms with Crippen LogP contribution in [0.15, 0.2) is 36.9 Å². The highest BCUT2D eigenvalue weighted by molar-refractivity contribution is 6.30. The molecule has 3 aliphatic heterocycles. The Morgan fingerprint density at radius 1 is 1.34 bits per heavy atom. The zero-order valence-corrected chi connectivity index (χ0v) is 23.6. The molecule has 0 saturated carbocycles. The second-order valence-corrected chi connectivity index (χ2v) is 11.8. The van der Waals surface area contributed by atoms with E-state index < -0.39 is 41.1 Å². The van der Waals surface area contributed by atoms with Crippen LogP contribution in [0.3, 0.4) is 0 Å². The van der Waals surface area contributed by atoms with Gasteiger partial charge in [0.25, 0.3) is 5.91 Å². The molecule has 208 valence electrons. The molecule has 4 rings (SSSR count). The minimum absolute atomic E-state index is 0.0998. The van der Waals surface area contributed by atoms with E-state index in [-0.39, 0.29) is 43.4 Å². The van der Waals surface area contributed by atoms with Gasteiger partial charge in [0.05, 0.1) is 30.8 Å². The van der Waals surface area contributed by atoms with Gasteiger partial charge in [-0.25, -0.2) is 0 Å². The number of carbonyl (C=O) groups excluding carboxylic acids is 3. The van der Waals surface area contributed by atoms with E-state index in [9.17, 15) is 19.5 Å². The first-order chi connectivity index (χ1) is 18.0. The van der Waals surface area contributed by atoms with Crippen molar-refractivity contribution < 1.29 is 29.0 Å². The summed E-state index contributed by atoms with van der Waals surface area (Å²) in [6.45, 7) is 13.5. The molecule has 1 aromatic rings. The minimum Gasteiger partial charge on any atom is -0.466 e. The van der Waals surface area contributed by atoms with Crippen molar-refractivity contribution in [2.75, 3.05) is 24.7 Å². The first-order valence-electron chi connectivity index (χ1n) is 13.4. The lowest BCUT2D eigenvalue weighted by Gasteiger charge is -2.40. The third-order valence-electron chi connectivity index (χ3n) is 8.59. The lowest BCUT2D eigenvalue weighted by Crippen LogP contribution is -2.59. The number of esters is 1. The number of hydrogen-bond donors (Lipinski definition) is 1. The highest BCUT2D eigenvalue weighted by Gasteiger charge is 2.80. The maximum absolute atomic E-state index is 14.6. The smallest absolute Gasteiger partial charge is 0.312 e. The van der Waals surface area contributed by atoms with Gasteiger partial charge in [-0.15, -0.1) is 6.58 Å². The monoisotopic (exact) mass is 546 g/mol. The average Bonchev–Trinajstić information content (AvgIpc) is 3.38. The van der Waals surface area contributed by atoms with Gasteiger partial charge in [-0.3, -0.25) is 14.4 Å². The van der Waals surface area contributed by atoms with Crippen molar-refractivity contribution in [3.8, 4) is 0 Å². The number of hydrogen-bond acceptors (Lipinski definition) is 6. The second kappa shape index (κ2) is 10.6. The Labute approximate surface area is 229 Å². The Hall–Kier alpha value is -2.42. The van der Waals surface area contributed by atoms with Crippen molar-refractivity contribution in [2.45, 2.75) is 70.7 Å². The van der Waals surface area contributed by atoms with Crippen LogP contribution in [-0.2, 0) is 23.9 Å². The van der Waals surface area contributed by atoms with E-state index >= 15 is 0 Å². The van der Waals surface area contributed by atoms with Crippen molar-refractivity contribution in [2.24, 2.45) is 23.7 Å². The van der Waals surface area contributed by atoms with Crippen molar-refractivity contribution in [3.05, 3.63) is 41.9 Å². The summed E-state index contributed by atoms with van der Waals surface area (Å²) < 4.78 is 12.2. The van der Waals surface area contributed by atoms with E-state index in [0.717, 1.165) is 0 Å². The quantitative estimate of drug-likeness (QED) is 0.354. The van der Waals surface area contributed by atoms with Crippen LogP contribution >= 0.6 is 11.6 Å². The Kier molecular flexibility index (Phi) is 7.99. The largest absolute Gasteiger partial charge is 0.466 e. The van der Waals surface area contributed by atoms with Gasteiger partial charge in [-0.2, -0.15) is 0 Å². The molecule has 1 N–H and O–H groups in total. The number of rotatable bonds is 10. The molecule has 8 nitrogen and oxygen atoms in total. The number of amides is 2. The molecule has 9 heteroatoms. The molecule has 3 fully saturated rings. The Morgan fingerprint density at radius 2 is 2.00 bits per heavy atom. The number of likely N-dealkylation sites (tertiary alicyclic amines) is 1. The van der Waals surface area contributed by atoms with Crippen LogP contribution in [0.4, 0.5) is 5.69 Å². The normalized spacial score (nSPS) is 32.4. The van der Waals surface area contributed by atoms with Crippen molar-refractivity contribution >= 4 is 35.1 Å². The van der Waals surface area contributed by atoms with Crippen molar-refractivity contribution in [1.29, 1.82) is 0 Å². The molecular formula is C29H39ClN2O6. The molecule has 3 unspecified atom stereocenters. The summed E-state index contributed by atoms with van der Waals surface area (Å²) in [5, 5.41) is 11.0. The highest BCUT2D eigenvalue weighted by atomic mass is 35.5. The molecule has 2 amide bonds. The first kappa shape index (κ1) is 28.6. The number of nitrogens with zero attached hydrogens (tertiary/aromatic N) is 2. The van der Waals surface area contributed by atoms with Gasteiger partial charge in [0.15, 0.2) is 0 Å². The summed E-state index contributed by atoms with van der Waals surface area (Å²) in [5.74, 6) is -2.84. The predicted molar refractivity (Wildman–Crippen MR) is 145 cm³/mol. The topological polar surface area (TPSA) is 96.4 Å². The van der Waals surface area contributed by atoms with Crippen molar-refractivity contribution in [3.63, 3.8) is 0 Å². The molecular weight excluding hydrogens is 508 g/mol. The average molecular weight is 547 g/mol. The van der Waals surface area contributed by atoms with Gasteiger partial charge in [0.2, 0.25) is 5.91 Å². The lowest BCUT2D eigenvalue weighted by atomic mass is 9.62. The van der Waals surface area contributed by atoms with Gasteiger partial charge < -0.3 is 24.4 Å². The second-order valence-electron chi connectivity index (χ2n) is 11.4. The van der Waals surface area contributed by atoms with Crippen LogP contribution in [0.1, 0.15) is 47.5 Å². The van der Waals surface area contributed by atoms with E-state index in [1.54, 1.807) is 42.2 Å². The molecule has 38 heavy (non-hydrogen) atoms. The minimum atomic E-state index is -1.23. The molecule has 0 aliphatic carbocycles. The standard InChI is InChI=1S/C29H39ClN2O6/c1-7-13-31(20-11-9-19(30)10-12-20)26(35)24-29-15-18(5)28(6,38-29)23(27(36)37-8-2)22(29)25(34)32(24)21(16-33)14-17(3)4/h7,9-12,17-18,21-24,33H,1,8,13-16H2,2-6H3/t18?,21-,22+,23-,24?,28+,29?/m1/s1. The van der Waals surface area contributed by atoms with Crippen LogP contribution < -0.4 is 4.90 Å². The number of aliphatic hydroxyl groups excluding tert-OH is 1. The number of carbonyl (C=O) groups is 3. The van der Waals surface area contributed by atoms with Crippen LogP contribution in [0.2, 0.25) is 5.02 Å². The van der Waals surface area contributed by atoms with Crippen LogP contribution in [-0.4, -0.2) is 70.8 Å². The van der Waals surface area contributed by atoms with E-state index in [1.807, 2.05) is 27.7 Å². The number of aliphatic hydroxyl groups is 1. The van der Waals surface area contributed by atoms with E-state index in [2.05, 4.69) is 6.58 Å². The third-order valence-corrected chi connectivity index (χ3v) is 8.84. The van der Waals surface area contributed by atoms with Gasteiger partial charge in [-0.1, -0.05) is 38.4 Å². The van der Waals surface area contributed by atoms with Gasteiger partial charge in [0.1, 0.15) is 17.6 Å². The molecule has 0 aromatic heterocycles. The molecule has 3 saturated heterocycles. The number of anilines is 1. The summed E-state index contributed by atoms with van der Waals surface area (Å²) >= 11 is 6.11.